The summed E-state index contributed by atoms with van der Waals surface area (Å²) in [4.78, 5) is 11.1. The lowest BCUT2D eigenvalue weighted by Crippen LogP contribution is -2.08. The van der Waals surface area contributed by atoms with Gasteiger partial charge in [0, 0.05) is 0 Å². The Bertz CT molecular complexity index is 192. The van der Waals surface area contributed by atoms with E-state index in [9.17, 15) is 4.79 Å². The monoisotopic (exact) mass is 318 g/mol. The van der Waals surface area contributed by atoms with Crippen LogP contribution in [-0.2, 0) is 4.79 Å². The Balaban J connectivity index is 3.05. The highest BCUT2D eigenvalue weighted by molar-refractivity contribution is 9.10. The van der Waals surface area contributed by atoms with Crippen molar-refractivity contribution in [3.05, 3.63) is 0 Å². The third-order valence-corrected chi connectivity index (χ3v) is 4.60. The number of rotatable bonds is 13. The van der Waals surface area contributed by atoms with Gasteiger partial charge in [-0.3, -0.25) is 4.79 Å². The minimum Gasteiger partial charge on any atom is -0.299 e. The third-order valence-electron chi connectivity index (χ3n) is 3.50. The molecular formula is C16H31BrO. The van der Waals surface area contributed by atoms with Crippen molar-refractivity contribution < 1.29 is 4.79 Å². The van der Waals surface area contributed by atoms with E-state index < -0.39 is 0 Å². The molecule has 0 rings (SSSR count). The van der Waals surface area contributed by atoms with Crippen LogP contribution in [0, 0.1) is 0 Å². The fourth-order valence-electron chi connectivity index (χ4n) is 2.19. The Morgan fingerprint density at radius 2 is 1.22 bits per heavy atom. The SMILES string of the molecule is CCCCCCCCCCCCCC(Br)C(C)=O. The second-order valence-electron chi connectivity index (χ2n) is 5.40. The average Bonchev–Trinajstić information content (AvgIpc) is 2.35. The highest BCUT2D eigenvalue weighted by atomic mass is 79.9. The van der Waals surface area contributed by atoms with E-state index in [1.807, 2.05) is 0 Å². The van der Waals surface area contributed by atoms with E-state index in [2.05, 4.69) is 22.9 Å². The molecule has 0 aliphatic heterocycles. The maximum Gasteiger partial charge on any atom is 0.143 e. The predicted molar refractivity (Wildman–Crippen MR) is 84.5 cm³/mol. The first-order chi connectivity index (χ1) is 8.68. The molecule has 0 aliphatic carbocycles. The first-order valence-electron chi connectivity index (χ1n) is 7.83. The molecule has 0 spiro atoms. The Labute approximate surface area is 122 Å². The van der Waals surface area contributed by atoms with Crippen LogP contribution in [0.4, 0.5) is 0 Å². The molecule has 2 heteroatoms. The molecule has 0 fully saturated rings. The number of carbonyl (C=O) groups is 1. The molecular weight excluding hydrogens is 288 g/mol. The van der Waals surface area contributed by atoms with E-state index in [0.29, 0.717) is 0 Å². The van der Waals surface area contributed by atoms with Gasteiger partial charge in [0.25, 0.3) is 0 Å². The molecule has 0 aromatic rings. The van der Waals surface area contributed by atoms with Gasteiger partial charge in [-0.1, -0.05) is 93.5 Å². The molecule has 18 heavy (non-hydrogen) atoms. The normalized spacial score (nSPS) is 12.6. The van der Waals surface area contributed by atoms with E-state index in [4.69, 9.17) is 0 Å². The predicted octanol–water partition coefficient (Wildman–Crippen LogP) is 6.04. The minimum atomic E-state index is 0.0936. The smallest absolute Gasteiger partial charge is 0.143 e. The largest absolute Gasteiger partial charge is 0.299 e. The van der Waals surface area contributed by atoms with Crippen LogP contribution < -0.4 is 0 Å². The molecule has 0 radical (unpaired) electrons. The van der Waals surface area contributed by atoms with Crippen LogP contribution >= 0.6 is 15.9 Å². The van der Waals surface area contributed by atoms with E-state index in [0.717, 1.165) is 6.42 Å². The summed E-state index contributed by atoms with van der Waals surface area (Å²) in [7, 11) is 0. The molecule has 0 aromatic heterocycles. The summed E-state index contributed by atoms with van der Waals surface area (Å²) in [5.74, 6) is 0.266. The Morgan fingerprint density at radius 1 is 0.833 bits per heavy atom. The maximum absolute atomic E-state index is 11.0. The van der Waals surface area contributed by atoms with Gasteiger partial charge in [0.1, 0.15) is 5.78 Å². The number of hydrogen-bond donors (Lipinski definition) is 0. The summed E-state index contributed by atoms with van der Waals surface area (Å²) in [6.07, 6.45) is 16.0. The first-order valence-corrected chi connectivity index (χ1v) is 8.74. The van der Waals surface area contributed by atoms with Gasteiger partial charge in [-0.15, -0.1) is 0 Å². The van der Waals surface area contributed by atoms with E-state index >= 15 is 0 Å². The van der Waals surface area contributed by atoms with Crippen molar-refractivity contribution in [1.29, 1.82) is 0 Å². The molecule has 0 heterocycles. The van der Waals surface area contributed by atoms with Crippen molar-refractivity contribution >= 4 is 21.7 Å². The summed E-state index contributed by atoms with van der Waals surface area (Å²) < 4.78 is 0. The number of halogens is 1. The molecule has 0 saturated heterocycles. The van der Waals surface area contributed by atoms with Crippen molar-refractivity contribution in [2.75, 3.05) is 0 Å². The highest BCUT2D eigenvalue weighted by Gasteiger charge is 2.07. The van der Waals surface area contributed by atoms with Crippen molar-refractivity contribution in [3.8, 4) is 0 Å². The van der Waals surface area contributed by atoms with Gasteiger partial charge in [0.15, 0.2) is 0 Å². The molecule has 0 amide bonds. The third kappa shape index (κ3) is 12.6. The molecule has 0 aromatic carbocycles. The Morgan fingerprint density at radius 3 is 1.61 bits per heavy atom. The minimum absolute atomic E-state index is 0.0936. The highest BCUT2D eigenvalue weighted by Crippen LogP contribution is 2.15. The lowest BCUT2D eigenvalue weighted by atomic mass is 10.0. The second-order valence-corrected chi connectivity index (χ2v) is 6.51. The number of hydrogen-bond acceptors (Lipinski definition) is 1. The maximum atomic E-state index is 11.0. The van der Waals surface area contributed by atoms with Crippen molar-refractivity contribution in [1.82, 2.24) is 0 Å². The van der Waals surface area contributed by atoms with E-state index in [1.54, 1.807) is 6.92 Å². The lowest BCUT2D eigenvalue weighted by molar-refractivity contribution is -0.116. The number of alkyl halides is 1. The van der Waals surface area contributed by atoms with Gasteiger partial charge < -0.3 is 0 Å². The van der Waals surface area contributed by atoms with Crippen LogP contribution in [0.1, 0.15) is 90.9 Å². The van der Waals surface area contributed by atoms with Gasteiger partial charge in [-0.05, 0) is 13.3 Å². The van der Waals surface area contributed by atoms with Crippen molar-refractivity contribution in [2.24, 2.45) is 0 Å². The fraction of sp³-hybridized carbons (Fsp3) is 0.938. The zero-order valence-corrected chi connectivity index (χ0v) is 13.9. The first kappa shape index (κ1) is 18.1. The zero-order chi connectivity index (χ0) is 13.6. The molecule has 0 aliphatic rings. The van der Waals surface area contributed by atoms with Crippen molar-refractivity contribution in [3.63, 3.8) is 0 Å². The number of unbranched alkanes of at least 4 members (excludes halogenated alkanes) is 10. The van der Waals surface area contributed by atoms with E-state index in [1.165, 1.54) is 70.6 Å². The molecule has 0 N–H and O–H groups in total. The van der Waals surface area contributed by atoms with Crippen LogP contribution in [0.25, 0.3) is 0 Å². The number of Topliss-reactive ketones (excluding diaryl/α,β-unsaturated/α-hetero) is 1. The van der Waals surface area contributed by atoms with Gasteiger partial charge >= 0.3 is 0 Å². The quantitative estimate of drug-likeness (QED) is 0.299. The number of carbonyl (C=O) groups excluding carboxylic acids is 1. The summed E-state index contributed by atoms with van der Waals surface area (Å²) in [5.41, 5.74) is 0. The van der Waals surface area contributed by atoms with E-state index in [-0.39, 0.29) is 10.6 Å². The number of ketones is 1. The zero-order valence-electron chi connectivity index (χ0n) is 12.3. The molecule has 0 bridgehead atoms. The van der Waals surface area contributed by atoms with Gasteiger partial charge in [0.2, 0.25) is 0 Å². The standard InChI is InChI=1S/C16H31BrO/c1-3-4-5-6-7-8-9-10-11-12-13-14-16(17)15(2)18/h16H,3-14H2,1-2H3. The van der Waals surface area contributed by atoms with Gasteiger partial charge in [-0.25, -0.2) is 0 Å². The van der Waals surface area contributed by atoms with Crippen LogP contribution in [0.15, 0.2) is 0 Å². The summed E-state index contributed by atoms with van der Waals surface area (Å²) >= 11 is 3.42. The molecule has 1 unspecified atom stereocenters. The van der Waals surface area contributed by atoms with Gasteiger partial charge in [0.05, 0.1) is 4.83 Å². The van der Waals surface area contributed by atoms with Crippen LogP contribution in [-0.4, -0.2) is 10.6 Å². The van der Waals surface area contributed by atoms with Crippen LogP contribution in [0.2, 0.25) is 0 Å². The van der Waals surface area contributed by atoms with Crippen LogP contribution in [0.5, 0.6) is 0 Å². The fourth-order valence-corrected chi connectivity index (χ4v) is 2.51. The van der Waals surface area contributed by atoms with Gasteiger partial charge in [-0.2, -0.15) is 0 Å². The topological polar surface area (TPSA) is 17.1 Å². The molecule has 1 atom stereocenters. The molecule has 108 valence electrons. The summed E-state index contributed by atoms with van der Waals surface area (Å²) in [5, 5.41) is 0. The Hall–Kier alpha value is 0.150. The summed E-state index contributed by atoms with van der Waals surface area (Å²) in [6.45, 7) is 3.93. The van der Waals surface area contributed by atoms with Crippen LogP contribution in [0.3, 0.4) is 0 Å². The lowest BCUT2D eigenvalue weighted by Gasteiger charge is -2.05. The molecule has 0 saturated carbocycles. The average molecular weight is 319 g/mol. The summed E-state index contributed by atoms with van der Waals surface area (Å²) in [6, 6.07) is 0. The Kier molecular flexibility index (Phi) is 13.7. The van der Waals surface area contributed by atoms with Crippen molar-refractivity contribution in [2.45, 2.75) is 95.7 Å². The second kappa shape index (κ2) is 13.6. The molecule has 1 nitrogen and oxygen atoms in total.